The molecule has 0 bridgehead atoms. The highest BCUT2D eigenvalue weighted by atomic mass is 32.2. The topological polar surface area (TPSA) is 102 Å². The van der Waals surface area contributed by atoms with Crippen LogP contribution in [0.4, 0.5) is 5.69 Å². The molecule has 0 atom stereocenters. The second-order valence-electron chi connectivity index (χ2n) is 8.43. The van der Waals surface area contributed by atoms with E-state index in [-0.39, 0.29) is 17.2 Å². The summed E-state index contributed by atoms with van der Waals surface area (Å²) in [5.74, 6) is 0.563. The van der Waals surface area contributed by atoms with Crippen LogP contribution < -0.4 is 5.32 Å². The molecule has 2 heterocycles. The van der Waals surface area contributed by atoms with Gasteiger partial charge in [-0.2, -0.15) is 5.10 Å². The summed E-state index contributed by atoms with van der Waals surface area (Å²) in [6.45, 7) is 3.90. The maximum absolute atomic E-state index is 12.8. The van der Waals surface area contributed by atoms with Crippen LogP contribution in [-0.2, 0) is 28.3 Å². The summed E-state index contributed by atoms with van der Waals surface area (Å²) in [6.07, 6.45) is 0.639. The van der Waals surface area contributed by atoms with Gasteiger partial charge in [0.05, 0.1) is 33.0 Å². The van der Waals surface area contributed by atoms with Gasteiger partial charge in [0, 0.05) is 39.7 Å². The lowest BCUT2D eigenvalue weighted by Gasteiger charge is -2.12. The van der Waals surface area contributed by atoms with E-state index in [0.29, 0.717) is 23.4 Å². The minimum absolute atomic E-state index is 0.142. The van der Waals surface area contributed by atoms with E-state index >= 15 is 0 Å². The second kappa shape index (κ2) is 9.03. The van der Waals surface area contributed by atoms with E-state index in [0.717, 1.165) is 22.6 Å². The Balaban J connectivity index is 1.51. The molecule has 0 spiro atoms. The number of aryl methyl sites for hydroxylation is 4. The standard InChI is InChI=1S/C24H28N6O3S/c1-16-14-17(2)30(27-16)22-9-7-6-8-19(22)26-24(31)13-12-23-25-20-15-18(34(32,33)28(3)4)10-11-21(20)29(23)5/h6-11,14-15H,12-13H2,1-5H3,(H,26,31). The van der Waals surface area contributed by atoms with Crippen molar-refractivity contribution in [3.05, 3.63) is 65.7 Å². The third-order valence-corrected chi connectivity index (χ3v) is 7.53. The van der Waals surface area contributed by atoms with Crippen molar-refractivity contribution >= 4 is 32.7 Å². The Morgan fingerprint density at radius 2 is 1.82 bits per heavy atom. The number of hydrogen-bond donors (Lipinski definition) is 1. The lowest BCUT2D eigenvalue weighted by atomic mass is 10.2. The van der Waals surface area contributed by atoms with Gasteiger partial charge in [-0.1, -0.05) is 12.1 Å². The highest BCUT2D eigenvalue weighted by Crippen LogP contribution is 2.23. The Bertz CT molecular complexity index is 1480. The Kier molecular flexibility index (Phi) is 6.28. The monoisotopic (exact) mass is 480 g/mol. The minimum Gasteiger partial charge on any atom is -0.331 e. The van der Waals surface area contributed by atoms with Gasteiger partial charge in [-0.3, -0.25) is 4.79 Å². The van der Waals surface area contributed by atoms with Crippen LogP contribution in [0.15, 0.2) is 53.4 Å². The van der Waals surface area contributed by atoms with Gasteiger partial charge in [0.1, 0.15) is 5.82 Å². The number of imidazole rings is 1. The van der Waals surface area contributed by atoms with Crippen molar-refractivity contribution in [2.75, 3.05) is 19.4 Å². The second-order valence-corrected chi connectivity index (χ2v) is 10.6. The van der Waals surface area contributed by atoms with Crippen LogP contribution >= 0.6 is 0 Å². The molecule has 2 aromatic carbocycles. The zero-order valence-electron chi connectivity index (χ0n) is 19.9. The number of benzene rings is 2. The number of carbonyl (C=O) groups is 1. The van der Waals surface area contributed by atoms with Gasteiger partial charge in [-0.25, -0.2) is 22.4 Å². The Morgan fingerprint density at radius 3 is 2.50 bits per heavy atom. The summed E-state index contributed by atoms with van der Waals surface area (Å²) in [5, 5.41) is 7.51. The van der Waals surface area contributed by atoms with Crippen molar-refractivity contribution in [3.8, 4) is 5.69 Å². The minimum atomic E-state index is -3.55. The number of amides is 1. The van der Waals surface area contributed by atoms with Crippen molar-refractivity contribution in [1.82, 2.24) is 23.6 Å². The van der Waals surface area contributed by atoms with Crippen LogP contribution in [0.2, 0.25) is 0 Å². The zero-order chi connectivity index (χ0) is 24.6. The lowest BCUT2D eigenvalue weighted by Crippen LogP contribution is -2.22. The zero-order valence-corrected chi connectivity index (χ0v) is 20.7. The first-order valence-electron chi connectivity index (χ1n) is 10.9. The summed E-state index contributed by atoms with van der Waals surface area (Å²) in [7, 11) is 1.30. The highest BCUT2D eigenvalue weighted by molar-refractivity contribution is 7.89. The number of aromatic nitrogens is 4. The van der Waals surface area contributed by atoms with Gasteiger partial charge in [0.15, 0.2) is 0 Å². The first-order chi connectivity index (χ1) is 16.1. The molecule has 0 fully saturated rings. The molecule has 0 radical (unpaired) electrons. The smallest absolute Gasteiger partial charge is 0.242 e. The van der Waals surface area contributed by atoms with Crippen molar-refractivity contribution in [3.63, 3.8) is 0 Å². The molecule has 0 aliphatic rings. The van der Waals surface area contributed by atoms with Gasteiger partial charge >= 0.3 is 0 Å². The van der Waals surface area contributed by atoms with E-state index in [1.165, 1.54) is 18.4 Å². The van der Waals surface area contributed by atoms with Crippen molar-refractivity contribution in [2.45, 2.75) is 31.6 Å². The average molecular weight is 481 g/mol. The number of nitrogens with one attached hydrogen (secondary N) is 1. The fraction of sp³-hybridized carbons (Fsp3) is 0.292. The van der Waals surface area contributed by atoms with Crippen LogP contribution in [0.3, 0.4) is 0 Å². The number of carbonyl (C=O) groups excluding carboxylic acids is 1. The van der Waals surface area contributed by atoms with Crippen molar-refractivity contribution < 1.29 is 13.2 Å². The van der Waals surface area contributed by atoms with E-state index in [4.69, 9.17) is 0 Å². The summed E-state index contributed by atoms with van der Waals surface area (Å²) >= 11 is 0. The number of hydrogen-bond acceptors (Lipinski definition) is 5. The van der Waals surface area contributed by atoms with Gasteiger partial charge < -0.3 is 9.88 Å². The van der Waals surface area contributed by atoms with Gasteiger partial charge in [0.2, 0.25) is 15.9 Å². The SMILES string of the molecule is Cc1cc(C)n(-c2ccccc2NC(=O)CCc2nc3cc(S(=O)(=O)N(C)C)ccc3n2C)n1. The van der Waals surface area contributed by atoms with E-state index < -0.39 is 10.0 Å². The fourth-order valence-corrected chi connectivity index (χ4v) is 4.82. The fourth-order valence-electron chi connectivity index (χ4n) is 3.90. The molecule has 34 heavy (non-hydrogen) atoms. The van der Waals surface area contributed by atoms with Gasteiger partial charge in [-0.05, 0) is 50.2 Å². The predicted octanol–water partition coefficient (Wildman–Crippen LogP) is 3.20. The molecular weight excluding hydrogens is 452 g/mol. The number of rotatable bonds is 7. The lowest BCUT2D eigenvalue weighted by molar-refractivity contribution is -0.116. The number of anilines is 1. The molecule has 1 amide bonds. The van der Waals surface area contributed by atoms with Crippen LogP contribution in [0.5, 0.6) is 0 Å². The number of sulfonamides is 1. The van der Waals surface area contributed by atoms with Crippen LogP contribution in [0.25, 0.3) is 16.7 Å². The Morgan fingerprint density at radius 1 is 1.09 bits per heavy atom. The van der Waals surface area contributed by atoms with Crippen LogP contribution in [0.1, 0.15) is 23.6 Å². The highest BCUT2D eigenvalue weighted by Gasteiger charge is 2.19. The first-order valence-corrected chi connectivity index (χ1v) is 12.3. The Labute approximate surface area is 199 Å². The first kappa shape index (κ1) is 23.7. The molecule has 2 aromatic heterocycles. The largest absolute Gasteiger partial charge is 0.331 e. The molecule has 0 aliphatic heterocycles. The summed E-state index contributed by atoms with van der Waals surface area (Å²) in [4.78, 5) is 17.6. The number of nitrogens with zero attached hydrogens (tertiary/aromatic N) is 5. The maximum atomic E-state index is 12.8. The quantitative estimate of drug-likeness (QED) is 0.438. The summed E-state index contributed by atoms with van der Waals surface area (Å²) in [6, 6.07) is 14.4. The van der Waals surface area contributed by atoms with E-state index in [1.54, 1.807) is 18.2 Å². The molecule has 1 N–H and O–H groups in total. The van der Waals surface area contributed by atoms with Gasteiger partial charge in [0.25, 0.3) is 0 Å². The summed E-state index contributed by atoms with van der Waals surface area (Å²) in [5.41, 5.74) is 4.76. The van der Waals surface area contributed by atoms with Crippen LogP contribution in [0, 0.1) is 13.8 Å². The van der Waals surface area contributed by atoms with E-state index in [2.05, 4.69) is 15.4 Å². The molecule has 0 saturated heterocycles. The number of para-hydroxylation sites is 2. The Hall–Kier alpha value is -3.50. The average Bonchev–Trinajstić information content (AvgIpc) is 3.30. The molecule has 10 heteroatoms. The molecule has 9 nitrogen and oxygen atoms in total. The molecule has 4 rings (SSSR count). The van der Waals surface area contributed by atoms with E-state index in [9.17, 15) is 13.2 Å². The third-order valence-electron chi connectivity index (χ3n) is 5.72. The van der Waals surface area contributed by atoms with Crippen molar-refractivity contribution in [1.29, 1.82) is 0 Å². The normalized spacial score (nSPS) is 11.9. The molecule has 0 unspecified atom stereocenters. The molecule has 4 aromatic rings. The molecular formula is C24H28N6O3S. The third kappa shape index (κ3) is 4.46. The predicted molar refractivity (Wildman–Crippen MR) is 132 cm³/mol. The van der Waals surface area contributed by atoms with Gasteiger partial charge in [-0.15, -0.1) is 0 Å². The van der Waals surface area contributed by atoms with E-state index in [1.807, 2.05) is 60.5 Å². The van der Waals surface area contributed by atoms with Crippen LogP contribution in [-0.4, -0.2) is 52.1 Å². The molecule has 0 aliphatic carbocycles. The molecule has 0 saturated carbocycles. The number of fused-ring (bicyclic) bond motifs is 1. The van der Waals surface area contributed by atoms with Crippen molar-refractivity contribution in [2.24, 2.45) is 7.05 Å². The summed E-state index contributed by atoms with van der Waals surface area (Å²) < 4.78 is 29.8. The molecule has 178 valence electrons. The maximum Gasteiger partial charge on any atom is 0.242 e.